The van der Waals surface area contributed by atoms with Crippen molar-refractivity contribution in [3.05, 3.63) is 72.6 Å². The van der Waals surface area contributed by atoms with Crippen molar-refractivity contribution >= 4 is 0 Å². The summed E-state index contributed by atoms with van der Waals surface area (Å²) in [5.41, 5.74) is 3.64. The maximum absolute atomic E-state index is 5.19. The predicted molar refractivity (Wildman–Crippen MR) is 84.5 cm³/mol. The van der Waals surface area contributed by atoms with E-state index < -0.39 is 0 Å². The molecule has 0 aliphatic rings. The number of ether oxygens (including phenoxy) is 1. The summed E-state index contributed by atoms with van der Waals surface area (Å²) < 4.78 is 7.15. The van der Waals surface area contributed by atoms with Crippen molar-refractivity contribution in [3.8, 4) is 16.9 Å². The summed E-state index contributed by atoms with van der Waals surface area (Å²) in [5, 5.41) is 4.29. The minimum atomic E-state index is 0.241. The van der Waals surface area contributed by atoms with Gasteiger partial charge in [-0.3, -0.25) is 4.68 Å². The smallest absolute Gasteiger partial charge is 0.118 e. The van der Waals surface area contributed by atoms with Crippen LogP contribution in [0.4, 0.5) is 0 Å². The highest BCUT2D eigenvalue weighted by Crippen LogP contribution is 2.25. The summed E-state index contributed by atoms with van der Waals surface area (Å²) in [4.78, 5) is 0. The van der Waals surface area contributed by atoms with Gasteiger partial charge < -0.3 is 4.74 Å². The molecule has 3 rings (SSSR count). The van der Waals surface area contributed by atoms with E-state index >= 15 is 0 Å². The maximum Gasteiger partial charge on any atom is 0.118 e. The molecule has 1 heterocycles. The second-order valence-electron chi connectivity index (χ2n) is 5.01. The Bertz CT molecular complexity index is 685. The fraction of sp³-hybridized carbons (Fsp3) is 0.167. The van der Waals surface area contributed by atoms with Crippen molar-refractivity contribution in [2.75, 3.05) is 7.11 Å². The summed E-state index contributed by atoms with van der Waals surface area (Å²) in [6.07, 6.45) is 3.80. The molecule has 0 radical (unpaired) electrons. The first-order valence-electron chi connectivity index (χ1n) is 7.01. The molecule has 0 saturated carbocycles. The van der Waals surface area contributed by atoms with Crippen LogP contribution in [0.25, 0.3) is 11.1 Å². The molecule has 0 aliphatic heterocycles. The van der Waals surface area contributed by atoms with Gasteiger partial charge in [0, 0.05) is 12.4 Å². The Morgan fingerprint density at radius 2 is 1.57 bits per heavy atom. The molecule has 0 spiro atoms. The van der Waals surface area contributed by atoms with Gasteiger partial charge in [-0.1, -0.05) is 36.4 Å². The molecule has 2 aromatic carbocycles. The fourth-order valence-electron chi connectivity index (χ4n) is 2.40. The summed E-state index contributed by atoms with van der Waals surface area (Å²) in [5.74, 6) is 0.877. The van der Waals surface area contributed by atoms with Crippen molar-refractivity contribution in [1.29, 1.82) is 0 Å². The Balaban J connectivity index is 1.83. The van der Waals surface area contributed by atoms with Crippen LogP contribution in [0, 0.1) is 0 Å². The van der Waals surface area contributed by atoms with Crippen LogP contribution in [-0.2, 0) is 0 Å². The van der Waals surface area contributed by atoms with Crippen LogP contribution in [0.5, 0.6) is 5.75 Å². The molecule has 106 valence electrons. The SMILES string of the molecule is COc1ccc(-c2ccc(C(C)n3cccn3)cc2)cc1. The van der Waals surface area contributed by atoms with E-state index in [0.717, 1.165) is 5.75 Å². The van der Waals surface area contributed by atoms with Crippen molar-refractivity contribution in [1.82, 2.24) is 9.78 Å². The van der Waals surface area contributed by atoms with Crippen LogP contribution in [0.3, 0.4) is 0 Å². The monoisotopic (exact) mass is 278 g/mol. The number of nitrogens with zero attached hydrogens (tertiary/aromatic N) is 2. The maximum atomic E-state index is 5.19. The Labute approximate surface area is 124 Å². The lowest BCUT2D eigenvalue weighted by molar-refractivity contribution is 0.415. The fourth-order valence-corrected chi connectivity index (χ4v) is 2.40. The van der Waals surface area contributed by atoms with Gasteiger partial charge in [0.25, 0.3) is 0 Å². The lowest BCUT2D eigenvalue weighted by Gasteiger charge is -2.13. The van der Waals surface area contributed by atoms with E-state index in [1.807, 2.05) is 35.3 Å². The van der Waals surface area contributed by atoms with Gasteiger partial charge in [-0.25, -0.2) is 0 Å². The third-order valence-electron chi connectivity index (χ3n) is 3.74. The number of rotatable bonds is 4. The summed E-state index contributed by atoms with van der Waals surface area (Å²) in [6, 6.07) is 18.9. The Kier molecular flexibility index (Phi) is 3.73. The summed E-state index contributed by atoms with van der Waals surface area (Å²) in [7, 11) is 1.68. The zero-order valence-corrected chi connectivity index (χ0v) is 12.2. The minimum Gasteiger partial charge on any atom is -0.497 e. The average molecular weight is 278 g/mol. The van der Waals surface area contributed by atoms with E-state index in [0.29, 0.717) is 0 Å². The Morgan fingerprint density at radius 3 is 2.10 bits per heavy atom. The van der Waals surface area contributed by atoms with Crippen LogP contribution in [0.1, 0.15) is 18.5 Å². The van der Waals surface area contributed by atoms with Gasteiger partial charge in [-0.2, -0.15) is 5.10 Å². The van der Waals surface area contributed by atoms with E-state index in [1.165, 1.54) is 16.7 Å². The largest absolute Gasteiger partial charge is 0.497 e. The van der Waals surface area contributed by atoms with E-state index in [2.05, 4.69) is 48.4 Å². The zero-order valence-electron chi connectivity index (χ0n) is 12.2. The standard InChI is InChI=1S/C18H18N2O/c1-14(20-13-3-12-19-20)15-4-6-16(7-5-15)17-8-10-18(21-2)11-9-17/h3-14H,1-2H3. The lowest BCUT2D eigenvalue weighted by atomic mass is 10.0. The third-order valence-corrected chi connectivity index (χ3v) is 3.74. The molecule has 0 fully saturated rings. The van der Waals surface area contributed by atoms with Gasteiger partial charge in [0.2, 0.25) is 0 Å². The molecular weight excluding hydrogens is 260 g/mol. The second-order valence-corrected chi connectivity index (χ2v) is 5.01. The summed E-state index contributed by atoms with van der Waals surface area (Å²) in [6.45, 7) is 2.15. The molecule has 3 heteroatoms. The van der Waals surface area contributed by atoms with Crippen LogP contribution in [0.15, 0.2) is 67.0 Å². The van der Waals surface area contributed by atoms with Gasteiger partial charge in [-0.15, -0.1) is 0 Å². The first-order valence-corrected chi connectivity index (χ1v) is 7.01. The third kappa shape index (κ3) is 2.82. The molecule has 3 aromatic rings. The molecule has 0 saturated heterocycles. The van der Waals surface area contributed by atoms with Gasteiger partial charge in [0.15, 0.2) is 0 Å². The predicted octanol–water partition coefficient (Wildman–Crippen LogP) is 4.17. The minimum absolute atomic E-state index is 0.241. The first-order chi connectivity index (χ1) is 10.3. The molecule has 0 bridgehead atoms. The molecule has 1 atom stereocenters. The molecule has 3 nitrogen and oxygen atoms in total. The Morgan fingerprint density at radius 1 is 0.952 bits per heavy atom. The van der Waals surface area contributed by atoms with Crippen molar-refractivity contribution in [3.63, 3.8) is 0 Å². The topological polar surface area (TPSA) is 27.1 Å². The highest BCUT2D eigenvalue weighted by atomic mass is 16.5. The molecule has 21 heavy (non-hydrogen) atoms. The lowest BCUT2D eigenvalue weighted by Crippen LogP contribution is -2.06. The molecule has 0 aliphatic carbocycles. The van der Waals surface area contributed by atoms with Crippen LogP contribution >= 0.6 is 0 Å². The van der Waals surface area contributed by atoms with Crippen LogP contribution in [0.2, 0.25) is 0 Å². The van der Waals surface area contributed by atoms with E-state index in [4.69, 9.17) is 4.74 Å². The number of methoxy groups -OCH3 is 1. The van der Waals surface area contributed by atoms with Crippen LogP contribution < -0.4 is 4.74 Å². The Hall–Kier alpha value is -2.55. The highest BCUT2D eigenvalue weighted by molar-refractivity contribution is 5.64. The van der Waals surface area contributed by atoms with Crippen LogP contribution in [-0.4, -0.2) is 16.9 Å². The summed E-state index contributed by atoms with van der Waals surface area (Å²) >= 11 is 0. The molecular formula is C18H18N2O. The van der Waals surface area contributed by atoms with E-state index in [-0.39, 0.29) is 6.04 Å². The number of benzene rings is 2. The normalized spacial score (nSPS) is 12.1. The molecule has 0 amide bonds. The molecule has 0 N–H and O–H groups in total. The molecule has 1 unspecified atom stereocenters. The van der Waals surface area contributed by atoms with E-state index in [1.54, 1.807) is 7.11 Å². The number of hydrogen-bond donors (Lipinski definition) is 0. The van der Waals surface area contributed by atoms with Crippen molar-refractivity contribution in [2.24, 2.45) is 0 Å². The van der Waals surface area contributed by atoms with Gasteiger partial charge in [0.1, 0.15) is 5.75 Å². The number of aromatic nitrogens is 2. The number of hydrogen-bond acceptors (Lipinski definition) is 2. The van der Waals surface area contributed by atoms with Crippen molar-refractivity contribution in [2.45, 2.75) is 13.0 Å². The van der Waals surface area contributed by atoms with Gasteiger partial charge in [0.05, 0.1) is 13.2 Å². The average Bonchev–Trinajstić information content (AvgIpc) is 3.09. The van der Waals surface area contributed by atoms with E-state index in [9.17, 15) is 0 Å². The molecule has 1 aromatic heterocycles. The first kappa shape index (κ1) is 13.4. The highest BCUT2D eigenvalue weighted by Gasteiger charge is 2.07. The quantitative estimate of drug-likeness (QED) is 0.716. The van der Waals surface area contributed by atoms with Crippen molar-refractivity contribution < 1.29 is 4.74 Å². The second kappa shape index (κ2) is 5.83. The zero-order chi connectivity index (χ0) is 14.7. The van der Waals surface area contributed by atoms with Gasteiger partial charge in [-0.05, 0) is 41.8 Å². The van der Waals surface area contributed by atoms with Gasteiger partial charge >= 0.3 is 0 Å².